The fraction of sp³-hybridized carbons (Fsp3) is 0.857. The molecule has 8 nitrogen and oxygen atoms in total. The smallest absolute Gasteiger partial charge is 0.407 e. The van der Waals surface area contributed by atoms with E-state index in [0.717, 1.165) is 109 Å². The number of esters is 2. The fourth-order valence-corrected chi connectivity index (χ4v) is 7.79. The van der Waals surface area contributed by atoms with Gasteiger partial charge in [0.2, 0.25) is 0 Å². The standard InChI is InChI=1S/C49H92N2O6/c1-9-12-14-16-18-26-32-38-55-45(52)36-30-24-20-22-28-34-44(40-50-47(54)57-43-48(4,5)41-49(6,11-3)42-51(7)8)35-29-23-21-25-31-37-46(53)56-39-33-27-19-17-15-13-10-2/h26-27,32-33,44H,9-25,28-31,34-43H2,1-8H3,(H,50,54). The van der Waals surface area contributed by atoms with Crippen molar-refractivity contribution in [2.24, 2.45) is 16.7 Å². The maximum absolute atomic E-state index is 12.9. The Morgan fingerprint density at radius 2 is 1.05 bits per heavy atom. The van der Waals surface area contributed by atoms with Gasteiger partial charge < -0.3 is 24.4 Å². The first-order valence-corrected chi connectivity index (χ1v) is 23.5. The van der Waals surface area contributed by atoms with Crippen molar-refractivity contribution in [1.82, 2.24) is 10.2 Å². The molecular weight excluding hydrogens is 713 g/mol. The van der Waals surface area contributed by atoms with E-state index in [9.17, 15) is 14.4 Å². The molecule has 0 aliphatic heterocycles. The number of carbonyl (C=O) groups excluding carboxylic acids is 3. The summed E-state index contributed by atoms with van der Waals surface area (Å²) in [5.74, 6) is 0.200. The van der Waals surface area contributed by atoms with Crippen molar-refractivity contribution in [1.29, 1.82) is 0 Å². The lowest BCUT2D eigenvalue weighted by atomic mass is 9.72. The fourth-order valence-electron chi connectivity index (χ4n) is 7.79. The molecule has 0 radical (unpaired) electrons. The first kappa shape index (κ1) is 54.6. The Balaban J connectivity index is 4.60. The van der Waals surface area contributed by atoms with E-state index in [1.54, 1.807) is 0 Å². The summed E-state index contributed by atoms with van der Waals surface area (Å²) in [7, 11) is 4.24. The third kappa shape index (κ3) is 36.5. The van der Waals surface area contributed by atoms with Gasteiger partial charge in [-0.3, -0.25) is 9.59 Å². The maximum atomic E-state index is 12.9. The zero-order chi connectivity index (χ0) is 42.5. The minimum atomic E-state index is -0.317. The van der Waals surface area contributed by atoms with Crippen LogP contribution in [0.4, 0.5) is 4.79 Å². The first-order chi connectivity index (χ1) is 27.4. The molecule has 8 heteroatoms. The SMILES string of the molecule is CCCCCCC=CCOC(=O)CCCCCCCC(CCCCCCCC(=O)OCC=CCCCCCC)CNC(=O)OCC(C)(C)CC(C)(CC)CN(C)C. The summed E-state index contributed by atoms with van der Waals surface area (Å²) in [5, 5.41) is 3.10. The van der Waals surface area contributed by atoms with Crippen LogP contribution in [0, 0.1) is 16.7 Å². The molecule has 0 bridgehead atoms. The third-order valence-corrected chi connectivity index (χ3v) is 11.0. The number of carbonyl (C=O) groups is 3. The topological polar surface area (TPSA) is 94.2 Å². The number of rotatable bonds is 39. The summed E-state index contributed by atoms with van der Waals surface area (Å²) in [4.78, 5) is 39.4. The van der Waals surface area contributed by atoms with Gasteiger partial charge in [-0.05, 0) is 95.1 Å². The highest BCUT2D eigenvalue weighted by Gasteiger charge is 2.32. The molecule has 0 saturated heterocycles. The maximum Gasteiger partial charge on any atom is 0.407 e. The van der Waals surface area contributed by atoms with Crippen LogP contribution < -0.4 is 5.32 Å². The highest BCUT2D eigenvalue weighted by Crippen LogP contribution is 2.37. The molecular formula is C49H92N2O6. The van der Waals surface area contributed by atoms with Crippen molar-refractivity contribution in [3.05, 3.63) is 24.3 Å². The number of hydrogen-bond donors (Lipinski definition) is 1. The van der Waals surface area contributed by atoms with Crippen LogP contribution in [0.3, 0.4) is 0 Å². The molecule has 1 atom stereocenters. The quantitative estimate of drug-likeness (QED) is 0.0286. The summed E-state index contributed by atoms with van der Waals surface area (Å²) in [6.45, 7) is 16.2. The molecule has 0 aliphatic carbocycles. The monoisotopic (exact) mass is 805 g/mol. The summed E-state index contributed by atoms with van der Waals surface area (Å²) in [5.41, 5.74) is 0.0554. The number of ether oxygens (including phenoxy) is 3. The van der Waals surface area contributed by atoms with E-state index in [4.69, 9.17) is 14.2 Å². The van der Waals surface area contributed by atoms with Gasteiger partial charge in [-0.2, -0.15) is 0 Å². The molecule has 0 fully saturated rings. The Hall–Kier alpha value is -2.35. The molecule has 0 aromatic heterocycles. The van der Waals surface area contributed by atoms with Crippen molar-refractivity contribution >= 4 is 18.0 Å². The van der Waals surface area contributed by atoms with Crippen molar-refractivity contribution in [2.75, 3.05) is 47.0 Å². The average molecular weight is 805 g/mol. The lowest BCUT2D eigenvalue weighted by Crippen LogP contribution is -2.38. The highest BCUT2D eigenvalue weighted by atomic mass is 16.5. The lowest BCUT2D eigenvalue weighted by molar-refractivity contribution is -0.143. The summed E-state index contributed by atoms with van der Waals surface area (Å²) >= 11 is 0. The number of nitrogens with zero attached hydrogens (tertiary/aromatic N) is 1. The zero-order valence-electron chi connectivity index (χ0n) is 38.7. The first-order valence-electron chi connectivity index (χ1n) is 23.5. The predicted octanol–water partition coefficient (Wildman–Crippen LogP) is 13.3. The van der Waals surface area contributed by atoms with Gasteiger partial charge in [0, 0.05) is 25.9 Å². The van der Waals surface area contributed by atoms with E-state index in [2.05, 4.69) is 78.0 Å². The van der Waals surface area contributed by atoms with E-state index in [0.29, 0.717) is 45.1 Å². The van der Waals surface area contributed by atoms with E-state index >= 15 is 0 Å². The van der Waals surface area contributed by atoms with Gasteiger partial charge in [0.15, 0.2) is 0 Å². The molecule has 0 aromatic carbocycles. The summed E-state index contributed by atoms with van der Waals surface area (Å²) in [6, 6.07) is 0. The van der Waals surface area contributed by atoms with Crippen molar-refractivity contribution in [3.8, 4) is 0 Å². The van der Waals surface area contributed by atoms with Gasteiger partial charge >= 0.3 is 18.0 Å². The highest BCUT2D eigenvalue weighted by molar-refractivity contribution is 5.69. The Morgan fingerprint density at radius 3 is 1.51 bits per heavy atom. The third-order valence-electron chi connectivity index (χ3n) is 11.0. The number of nitrogens with one attached hydrogen (secondary N) is 1. The summed E-state index contributed by atoms with van der Waals surface area (Å²) in [6.07, 6.45) is 35.6. The molecule has 57 heavy (non-hydrogen) atoms. The van der Waals surface area contributed by atoms with Crippen LogP contribution in [-0.2, 0) is 23.8 Å². The van der Waals surface area contributed by atoms with Gasteiger partial charge in [-0.1, -0.05) is 156 Å². The summed E-state index contributed by atoms with van der Waals surface area (Å²) < 4.78 is 16.5. The Bertz CT molecular complexity index is 989. The molecule has 0 heterocycles. The van der Waals surface area contributed by atoms with E-state index in [-0.39, 0.29) is 28.9 Å². The minimum absolute atomic E-state index is 0.101. The molecule has 1 amide bonds. The predicted molar refractivity (Wildman–Crippen MR) is 241 cm³/mol. The van der Waals surface area contributed by atoms with Crippen molar-refractivity contribution in [3.63, 3.8) is 0 Å². The molecule has 1 unspecified atom stereocenters. The molecule has 0 spiro atoms. The molecule has 0 rings (SSSR count). The van der Waals surface area contributed by atoms with Crippen molar-refractivity contribution in [2.45, 2.75) is 208 Å². The van der Waals surface area contributed by atoms with Crippen LogP contribution in [0.15, 0.2) is 24.3 Å². The van der Waals surface area contributed by atoms with Gasteiger partial charge in [-0.15, -0.1) is 0 Å². The molecule has 334 valence electrons. The molecule has 1 N–H and O–H groups in total. The number of allylic oxidation sites excluding steroid dienone is 2. The van der Waals surface area contributed by atoms with Gasteiger partial charge in [-0.25, -0.2) is 4.79 Å². The lowest BCUT2D eigenvalue weighted by Gasteiger charge is -2.38. The van der Waals surface area contributed by atoms with Crippen LogP contribution >= 0.6 is 0 Å². The largest absolute Gasteiger partial charge is 0.461 e. The number of amides is 1. The van der Waals surface area contributed by atoms with E-state index in [1.165, 1.54) is 51.4 Å². The second-order valence-corrected chi connectivity index (χ2v) is 18.2. The van der Waals surface area contributed by atoms with Crippen LogP contribution in [0.25, 0.3) is 0 Å². The second kappa shape index (κ2) is 36.7. The normalized spacial score (nSPS) is 13.6. The second-order valence-electron chi connectivity index (χ2n) is 18.2. The van der Waals surface area contributed by atoms with Crippen LogP contribution in [-0.4, -0.2) is 69.9 Å². The average Bonchev–Trinajstić information content (AvgIpc) is 3.16. The Labute approximate surface area is 352 Å². The van der Waals surface area contributed by atoms with Crippen LogP contribution in [0.5, 0.6) is 0 Å². The van der Waals surface area contributed by atoms with Crippen LogP contribution in [0.1, 0.15) is 208 Å². The van der Waals surface area contributed by atoms with Crippen molar-refractivity contribution < 1.29 is 28.6 Å². The van der Waals surface area contributed by atoms with E-state index in [1.807, 2.05) is 12.2 Å². The number of unbranched alkanes of at least 4 members (excludes halogenated alkanes) is 16. The Kier molecular flexibility index (Phi) is 35.2. The van der Waals surface area contributed by atoms with Gasteiger partial charge in [0.1, 0.15) is 13.2 Å². The van der Waals surface area contributed by atoms with E-state index < -0.39 is 0 Å². The van der Waals surface area contributed by atoms with Crippen LogP contribution in [0.2, 0.25) is 0 Å². The van der Waals surface area contributed by atoms with Gasteiger partial charge in [0.05, 0.1) is 6.61 Å². The molecule has 0 aliphatic rings. The number of alkyl carbamates (subject to hydrolysis) is 1. The number of hydrogen-bond acceptors (Lipinski definition) is 7. The van der Waals surface area contributed by atoms with Gasteiger partial charge in [0.25, 0.3) is 0 Å². The zero-order valence-corrected chi connectivity index (χ0v) is 38.7. The molecule has 0 aromatic rings. The Morgan fingerprint density at radius 1 is 0.596 bits per heavy atom. The molecule has 0 saturated carbocycles. The minimum Gasteiger partial charge on any atom is -0.461 e.